The molecule has 0 saturated carbocycles. The van der Waals surface area contributed by atoms with E-state index in [0.717, 1.165) is 78.0 Å². The second kappa shape index (κ2) is 27.5. The predicted molar refractivity (Wildman–Crippen MR) is 272 cm³/mol. The highest BCUT2D eigenvalue weighted by atomic mass is 32.1. The number of nitrogens with one attached hydrogen (secondary N) is 4. The van der Waals surface area contributed by atoms with Gasteiger partial charge < -0.3 is 40.2 Å². The first-order chi connectivity index (χ1) is 34.6. The van der Waals surface area contributed by atoms with E-state index in [9.17, 15) is 38.7 Å². The smallest absolute Gasteiger partial charge is 0.264 e. The molecule has 2 saturated heterocycles. The molecule has 3 aliphatic heterocycles. The van der Waals surface area contributed by atoms with Crippen molar-refractivity contribution in [2.24, 2.45) is 5.41 Å². The van der Waals surface area contributed by atoms with Crippen LogP contribution in [0.3, 0.4) is 0 Å². The van der Waals surface area contributed by atoms with Crippen LogP contribution in [0.25, 0.3) is 10.4 Å². The molecule has 0 bridgehead atoms. The third-order valence-corrected chi connectivity index (χ3v) is 14.0. The fourth-order valence-electron chi connectivity index (χ4n) is 9.02. The SMILES string of the molecule is Cc1ncsc1-c1ccc(CNC(=O)C2CC(O)CN2C(=O)C(NC(=O)CCCCCOCCCCOCCCCOCCCCNc2cccc3c2C(=O)N(C2CCC(=O)NC2=O)C3=O)C(C)(C)C)cc1. The Kier molecular flexibility index (Phi) is 21.2. The minimum absolute atomic E-state index is 0.0211. The van der Waals surface area contributed by atoms with Crippen molar-refractivity contribution in [2.75, 3.05) is 58.0 Å². The zero-order valence-electron chi connectivity index (χ0n) is 42.3. The van der Waals surface area contributed by atoms with E-state index < -0.39 is 53.3 Å². The Balaban J connectivity index is 0.739. The zero-order valence-corrected chi connectivity index (χ0v) is 43.1. The van der Waals surface area contributed by atoms with Gasteiger partial charge in [0, 0.05) is 84.2 Å². The van der Waals surface area contributed by atoms with E-state index in [2.05, 4.69) is 26.3 Å². The van der Waals surface area contributed by atoms with E-state index in [1.165, 1.54) is 4.90 Å². The number of thiazole rings is 1. The summed E-state index contributed by atoms with van der Waals surface area (Å²) in [6.07, 6.45) is 7.21. The number of aliphatic hydroxyl groups is 1. The summed E-state index contributed by atoms with van der Waals surface area (Å²) in [6, 6.07) is 10.2. The average Bonchev–Trinajstić information content (AvgIpc) is 4.04. The zero-order chi connectivity index (χ0) is 51.6. The molecule has 6 rings (SSSR count). The van der Waals surface area contributed by atoms with Crippen LogP contribution in [0.1, 0.15) is 136 Å². The molecule has 18 nitrogen and oxygen atoms in total. The molecule has 4 atom stereocenters. The summed E-state index contributed by atoms with van der Waals surface area (Å²) in [7, 11) is 0. The van der Waals surface area contributed by atoms with Crippen LogP contribution in [0.2, 0.25) is 0 Å². The van der Waals surface area contributed by atoms with Crippen molar-refractivity contribution >= 4 is 58.4 Å². The third kappa shape index (κ3) is 15.7. The van der Waals surface area contributed by atoms with Gasteiger partial charge in [-0.2, -0.15) is 0 Å². The summed E-state index contributed by atoms with van der Waals surface area (Å²) >= 11 is 1.58. The number of amides is 7. The van der Waals surface area contributed by atoms with E-state index >= 15 is 0 Å². The number of hydrogen-bond acceptors (Lipinski definition) is 14. The van der Waals surface area contributed by atoms with Crippen molar-refractivity contribution in [3.8, 4) is 10.4 Å². The summed E-state index contributed by atoms with van der Waals surface area (Å²) < 4.78 is 17.4. The molecule has 3 aromatic rings. The molecule has 3 aliphatic rings. The summed E-state index contributed by atoms with van der Waals surface area (Å²) in [5.41, 5.74) is 5.17. The highest BCUT2D eigenvalue weighted by molar-refractivity contribution is 7.13. The quantitative estimate of drug-likeness (QED) is 0.0416. The van der Waals surface area contributed by atoms with Crippen molar-refractivity contribution in [2.45, 2.75) is 142 Å². The summed E-state index contributed by atoms with van der Waals surface area (Å²) in [5, 5.41) is 21.9. The molecule has 2 aromatic carbocycles. The van der Waals surface area contributed by atoms with Crippen LogP contribution in [0.15, 0.2) is 48.0 Å². The van der Waals surface area contributed by atoms with Gasteiger partial charge in [-0.3, -0.25) is 43.8 Å². The van der Waals surface area contributed by atoms with Gasteiger partial charge in [0.15, 0.2) is 0 Å². The number of anilines is 1. The number of benzene rings is 2. The van der Waals surface area contributed by atoms with Crippen molar-refractivity contribution in [1.29, 1.82) is 0 Å². The number of aliphatic hydroxyl groups excluding tert-OH is 1. The number of likely N-dealkylation sites (tertiary alicyclic amines) is 1. The van der Waals surface area contributed by atoms with E-state index in [1.54, 1.807) is 29.5 Å². The second-order valence-electron chi connectivity index (χ2n) is 19.8. The molecule has 4 unspecified atom stereocenters. The minimum atomic E-state index is -0.999. The number of ether oxygens (including phenoxy) is 3. The molecule has 5 N–H and O–H groups in total. The minimum Gasteiger partial charge on any atom is -0.391 e. The van der Waals surface area contributed by atoms with Crippen LogP contribution in [-0.4, -0.2) is 138 Å². The lowest BCUT2D eigenvalue weighted by Crippen LogP contribution is -2.57. The number of unbranched alkanes of at least 4 members (excludes halogenated alkanes) is 5. The maximum Gasteiger partial charge on any atom is 0.264 e. The first kappa shape index (κ1) is 55.7. The molecule has 1 aromatic heterocycles. The number of imide groups is 2. The molecular formula is C53H73N7O11S. The summed E-state index contributed by atoms with van der Waals surface area (Å²) in [4.78, 5) is 98.5. The number of piperidine rings is 1. The van der Waals surface area contributed by atoms with Crippen LogP contribution >= 0.6 is 11.3 Å². The summed E-state index contributed by atoms with van der Waals surface area (Å²) in [5.74, 6) is -3.04. The molecule has 72 heavy (non-hydrogen) atoms. The largest absolute Gasteiger partial charge is 0.391 e. The van der Waals surface area contributed by atoms with Crippen LogP contribution in [0.4, 0.5) is 5.69 Å². The Hall–Kier alpha value is -5.60. The molecule has 19 heteroatoms. The molecule has 0 spiro atoms. The normalized spacial score (nSPS) is 18.3. The second-order valence-corrected chi connectivity index (χ2v) is 20.7. The van der Waals surface area contributed by atoms with E-state index in [1.807, 2.05) is 57.5 Å². The van der Waals surface area contributed by atoms with Crippen molar-refractivity contribution in [3.63, 3.8) is 0 Å². The van der Waals surface area contributed by atoms with E-state index in [4.69, 9.17) is 14.2 Å². The first-order valence-corrected chi connectivity index (χ1v) is 26.4. The molecule has 2 fully saturated rings. The fraction of sp³-hybridized carbons (Fsp3) is 0.585. The highest BCUT2D eigenvalue weighted by Crippen LogP contribution is 2.33. The number of carbonyl (C=O) groups is 7. The van der Waals surface area contributed by atoms with Gasteiger partial charge in [-0.1, -0.05) is 57.5 Å². The fourth-order valence-corrected chi connectivity index (χ4v) is 9.83. The Bertz CT molecular complexity index is 2330. The van der Waals surface area contributed by atoms with Crippen LogP contribution in [0, 0.1) is 12.3 Å². The number of rotatable bonds is 29. The average molecular weight is 1020 g/mol. The van der Waals surface area contributed by atoms with Crippen molar-refractivity contribution < 1.29 is 52.9 Å². The highest BCUT2D eigenvalue weighted by Gasteiger charge is 2.46. The van der Waals surface area contributed by atoms with Crippen molar-refractivity contribution in [3.05, 3.63) is 70.4 Å². The Morgan fingerprint density at radius 3 is 2.10 bits per heavy atom. The maximum atomic E-state index is 14.0. The van der Waals surface area contributed by atoms with Gasteiger partial charge in [0.1, 0.15) is 18.1 Å². The molecule has 0 aliphatic carbocycles. The number of aromatic nitrogens is 1. The topological polar surface area (TPSA) is 235 Å². The third-order valence-electron chi connectivity index (χ3n) is 13.1. The van der Waals surface area contributed by atoms with Gasteiger partial charge in [-0.25, -0.2) is 4.98 Å². The molecular weight excluding hydrogens is 943 g/mol. The number of aryl methyl sites for hydroxylation is 1. The lowest BCUT2D eigenvalue weighted by Gasteiger charge is -2.35. The lowest BCUT2D eigenvalue weighted by atomic mass is 9.85. The van der Waals surface area contributed by atoms with E-state index in [-0.39, 0.29) is 67.6 Å². The number of hydrogen-bond donors (Lipinski definition) is 5. The molecule has 0 radical (unpaired) electrons. The number of carbonyl (C=O) groups excluding carboxylic acids is 7. The maximum absolute atomic E-state index is 14.0. The van der Waals surface area contributed by atoms with Gasteiger partial charge >= 0.3 is 0 Å². The van der Waals surface area contributed by atoms with Crippen LogP contribution in [0.5, 0.6) is 0 Å². The standard InChI is InChI=1S/C53H73N7O11S/c1-35-46(72-34-56-35)37-20-18-36(19-21-37)32-55-48(64)42-31-38(61)33-59(42)52(68)47(53(2,3)4)57-43(62)17-6-5-8-25-69-27-10-12-29-71-30-13-11-28-70-26-9-7-24-54-40-16-14-15-39-45(40)51(67)60(50(39)66)41-22-23-44(63)58-49(41)65/h14-16,18-21,34,38,41-42,47,54,61H,5-13,17,22-33H2,1-4H3,(H,55,64)(H,57,62)(H,58,63,65). The Morgan fingerprint density at radius 1 is 0.847 bits per heavy atom. The monoisotopic (exact) mass is 1020 g/mol. The predicted octanol–water partition coefficient (Wildman–Crippen LogP) is 5.69. The van der Waals surface area contributed by atoms with Crippen LogP contribution < -0.4 is 21.3 Å². The Labute approximate surface area is 426 Å². The Morgan fingerprint density at radius 2 is 1.49 bits per heavy atom. The molecule has 7 amide bonds. The molecule has 4 heterocycles. The van der Waals surface area contributed by atoms with Gasteiger partial charge in [-0.05, 0) is 93.4 Å². The van der Waals surface area contributed by atoms with Crippen molar-refractivity contribution in [1.82, 2.24) is 30.7 Å². The number of fused-ring (bicyclic) bond motifs is 1. The van der Waals surface area contributed by atoms with E-state index in [0.29, 0.717) is 58.3 Å². The lowest BCUT2D eigenvalue weighted by molar-refractivity contribution is -0.144. The van der Waals surface area contributed by atoms with Gasteiger partial charge in [0.05, 0.1) is 33.3 Å². The van der Waals surface area contributed by atoms with Gasteiger partial charge in [-0.15, -0.1) is 11.3 Å². The van der Waals surface area contributed by atoms with Gasteiger partial charge in [0.25, 0.3) is 11.8 Å². The first-order valence-electron chi connectivity index (χ1n) is 25.5. The van der Waals surface area contributed by atoms with Gasteiger partial charge in [0.2, 0.25) is 29.5 Å². The number of nitrogens with zero attached hydrogens (tertiary/aromatic N) is 3. The summed E-state index contributed by atoms with van der Waals surface area (Å²) in [6.45, 7) is 12.3. The van der Waals surface area contributed by atoms with Crippen LogP contribution in [-0.2, 0) is 44.7 Å². The number of β-amino-alcohol motifs (C(OH)–C–C–N with tert-alkyl or cyclic N) is 1. The molecule has 392 valence electrons.